The van der Waals surface area contributed by atoms with Gasteiger partial charge in [0.25, 0.3) is 0 Å². The molecule has 0 amide bonds. The molecule has 1 aromatic carbocycles. The van der Waals surface area contributed by atoms with Gasteiger partial charge in [-0.2, -0.15) is 0 Å². The van der Waals surface area contributed by atoms with E-state index in [-0.39, 0.29) is 12.3 Å². The average molecular weight is 324 g/mol. The first-order valence-electron chi connectivity index (χ1n) is 7.61. The van der Waals surface area contributed by atoms with Gasteiger partial charge in [-0.15, -0.1) is 5.73 Å². The molecule has 0 aliphatic rings. The maximum absolute atomic E-state index is 13.3. The Balaban J connectivity index is 2.76. The summed E-state index contributed by atoms with van der Waals surface area (Å²) in [7, 11) is 1.57. The summed E-state index contributed by atoms with van der Waals surface area (Å²) in [6.07, 6.45) is 0.978. The lowest BCUT2D eigenvalue weighted by Crippen LogP contribution is -2.16. The summed E-state index contributed by atoms with van der Waals surface area (Å²) in [5, 5.41) is 29.1. The smallest absolute Gasteiger partial charge is 0.165 e. The molecule has 4 nitrogen and oxygen atoms in total. The van der Waals surface area contributed by atoms with Crippen molar-refractivity contribution < 1.29 is 24.4 Å². The van der Waals surface area contributed by atoms with E-state index in [0.717, 1.165) is 11.6 Å². The molecular formula is C18H25FO4. The van der Waals surface area contributed by atoms with Crippen molar-refractivity contribution in [2.24, 2.45) is 5.92 Å². The van der Waals surface area contributed by atoms with Crippen LogP contribution in [0.4, 0.5) is 4.39 Å². The largest absolute Gasteiger partial charge is 0.505 e. The van der Waals surface area contributed by atoms with Crippen molar-refractivity contribution in [3.63, 3.8) is 0 Å². The minimum atomic E-state index is -0.892. The van der Waals surface area contributed by atoms with E-state index in [1.54, 1.807) is 13.2 Å². The number of hydrogen-bond donors (Lipinski definition) is 3. The quantitative estimate of drug-likeness (QED) is 0.643. The Labute approximate surface area is 136 Å². The van der Waals surface area contributed by atoms with Crippen molar-refractivity contribution in [1.82, 2.24) is 0 Å². The van der Waals surface area contributed by atoms with Gasteiger partial charge in [-0.3, -0.25) is 0 Å². The molecular weight excluding hydrogens is 299 g/mol. The number of rotatable bonds is 8. The third-order valence-electron chi connectivity index (χ3n) is 3.55. The molecule has 0 heterocycles. The molecule has 0 unspecified atom stereocenters. The molecule has 23 heavy (non-hydrogen) atoms. The number of phenolic OH excluding ortho intramolecular Hbond substituents is 1. The Morgan fingerprint density at radius 2 is 2.04 bits per heavy atom. The lowest BCUT2D eigenvalue weighted by molar-refractivity contribution is 0.119. The summed E-state index contributed by atoms with van der Waals surface area (Å²) in [6.45, 7) is 4.22. The number of aliphatic hydroxyl groups excluding tert-OH is 2. The Bertz CT molecular complexity index is 562. The van der Waals surface area contributed by atoms with Crippen LogP contribution in [0.5, 0.6) is 5.75 Å². The van der Waals surface area contributed by atoms with E-state index in [1.807, 2.05) is 13.8 Å². The van der Waals surface area contributed by atoms with Gasteiger partial charge < -0.3 is 20.1 Å². The van der Waals surface area contributed by atoms with Crippen LogP contribution in [0.3, 0.4) is 0 Å². The standard InChI is InChI=1S/C18H25FO4/c1-12(2)18(22)9-13(11-23-3)5-4-6-16(20)14-7-8-17(21)15(19)10-14/h4,7-8,10,12,16,18,20-22H,6,9,11H2,1-3H3/t5?,16-,18-/m1/s1. The maximum Gasteiger partial charge on any atom is 0.165 e. The van der Waals surface area contributed by atoms with Crippen molar-refractivity contribution in [3.8, 4) is 5.75 Å². The predicted octanol–water partition coefficient (Wildman–Crippen LogP) is 3.09. The molecule has 0 fully saturated rings. The third kappa shape index (κ3) is 6.55. The van der Waals surface area contributed by atoms with Gasteiger partial charge in [-0.25, -0.2) is 4.39 Å². The van der Waals surface area contributed by atoms with E-state index >= 15 is 0 Å². The van der Waals surface area contributed by atoms with Crippen molar-refractivity contribution in [1.29, 1.82) is 0 Å². The average Bonchev–Trinajstić information content (AvgIpc) is 2.49. The van der Waals surface area contributed by atoms with Gasteiger partial charge in [-0.05, 0) is 35.3 Å². The molecule has 0 aliphatic heterocycles. The van der Waals surface area contributed by atoms with E-state index in [9.17, 15) is 14.6 Å². The van der Waals surface area contributed by atoms with E-state index in [1.165, 1.54) is 12.1 Å². The van der Waals surface area contributed by atoms with Crippen LogP contribution in [0.1, 0.15) is 38.4 Å². The first kappa shape index (κ1) is 19.4. The Hall–Kier alpha value is -1.65. The molecule has 0 radical (unpaired) electrons. The molecule has 0 aromatic heterocycles. The highest BCUT2D eigenvalue weighted by atomic mass is 19.1. The summed E-state index contributed by atoms with van der Waals surface area (Å²) in [6, 6.07) is 3.79. The fraction of sp³-hybridized carbons (Fsp3) is 0.500. The summed E-state index contributed by atoms with van der Waals surface area (Å²) < 4.78 is 18.4. The summed E-state index contributed by atoms with van der Waals surface area (Å²) in [5.74, 6) is -1.07. The van der Waals surface area contributed by atoms with Crippen LogP contribution in [-0.2, 0) is 4.74 Å². The van der Waals surface area contributed by atoms with Crippen LogP contribution in [0.25, 0.3) is 0 Å². The van der Waals surface area contributed by atoms with E-state index < -0.39 is 23.8 Å². The van der Waals surface area contributed by atoms with Gasteiger partial charge in [0, 0.05) is 20.0 Å². The predicted molar refractivity (Wildman–Crippen MR) is 86.6 cm³/mol. The topological polar surface area (TPSA) is 69.9 Å². The molecule has 3 N–H and O–H groups in total. The van der Waals surface area contributed by atoms with Crippen LogP contribution < -0.4 is 0 Å². The van der Waals surface area contributed by atoms with Crippen LogP contribution in [0.2, 0.25) is 0 Å². The van der Waals surface area contributed by atoms with Crippen LogP contribution in [0.15, 0.2) is 35.6 Å². The lowest BCUT2D eigenvalue weighted by atomic mass is 9.99. The third-order valence-corrected chi connectivity index (χ3v) is 3.55. The molecule has 1 rings (SSSR count). The molecule has 0 aliphatic carbocycles. The second kappa shape index (κ2) is 9.48. The van der Waals surface area contributed by atoms with Crippen LogP contribution >= 0.6 is 0 Å². The van der Waals surface area contributed by atoms with Crippen LogP contribution in [0, 0.1) is 11.7 Å². The molecule has 128 valence electrons. The van der Waals surface area contributed by atoms with E-state index in [2.05, 4.69) is 5.73 Å². The van der Waals surface area contributed by atoms with E-state index in [0.29, 0.717) is 18.6 Å². The molecule has 0 bridgehead atoms. The number of phenols is 1. The van der Waals surface area contributed by atoms with Gasteiger partial charge in [0.15, 0.2) is 11.6 Å². The molecule has 0 saturated carbocycles. The number of halogens is 1. The number of methoxy groups -OCH3 is 1. The maximum atomic E-state index is 13.3. The minimum absolute atomic E-state index is 0.134. The number of aromatic hydroxyl groups is 1. The SMILES string of the molecule is COCC(=C=CC[C@@H](O)c1ccc(O)c(F)c1)C[C@@H](O)C(C)C. The zero-order valence-electron chi connectivity index (χ0n) is 13.8. The molecule has 5 heteroatoms. The van der Waals surface area contributed by atoms with Gasteiger partial charge in [0.05, 0.1) is 18.8 Å². The molecule has 0 spiro atoms. The number of benzene rings is 1. The van der Waals surface area contributed by atoms with Crippen molar-refractivity contribution in [2.45, 2.75) is 38.9 Å². The summed E-state index contributed by atoms with van der Waals surface area (Å²) >= 11 is 0. The zero-order chi connectivity index (χ0) is 17.4. The monoisotopic (exact) mass is 324 g/mol. The van der Waals surface area contributed by atoms with Crippen molar-refractivity contribution in [3.05, 3.63) is 47.0 Å². The fourth-order valence-electron chi connectivity index (χ4n) is 2.00. The first-order valence-corrected chi connectivity index (χ1v) is 7.61. The molecule has 1 aromatic rings. The van der Waals surface area contributed by atoms with Gasteiger partial charge in [0.1, 0.15) is 0 Å². The summed E-state index contributed by atoms with van der Waals surface area (Å²) in [5.41, 5.74) is 4.22. The normalized spacial score (nSPS) is 13.5. The Morgan fingerprint density at radius 3 is 2.61 bits per heavy atom. The molecule has 2 atom stereocenters. The molecule has 0 saturated heterocycles. The lowest BCUT2D eigenvalue weighted by Gasteiger charge is -2.15. The number of hydrogen-bond acceptors (Lipinski definition) is 4. The minimum Gasteiger partial charge on any atom is -0.505 e. The number of ether oxygens (including phenoxy) is 1. The highest BCUT2D eigenvalue weighted by molar-refractivity contribution is 5.29. The second-order valence-electron chi connectivity index (χ2n) is 5.86. The van der Waals surface area contributed by atoms with Crippen LogP contribution in [-0.4, -0.2) is 35.1 Å². The first-order chi connectivity index (χ1) is 10.8. The Kier molecular flexibility index (Phi) is 8.00. The highest BCUT2D eigenvalue weighted by Gasteiger charge is 2.12. The fourth-order valence-corrected chi connectivity index (χ4v) is 2.00. The van der Waals surface area contributed by atoms with Gasteiger partial charge in [0.2, 0.25) is 0 Å². The summed E-state index contributed by atoms with van der Waals surface area (Å²) in [4.78, 5) is 0. The number of aliphatic hydroxyl groups is 2. The van der Waals surface area contributed by atoms with Gasteiger partial charge in [-0.1, -0.05) is 19.9 Å². The van der Waals surface area contributed by atoms with E-state index in [4.69, 9.17) is 9.84 Å². The Morgan fingerprint density at radius 1 is 1.35 bits per heavy atom. The van der Waals surface area contributed by atoms with Gasteiger partial charge >= 0.3 is 0 Å². The second-order valence-corrected chi connectivity index (χ2v) is 5.86. The van der Waals surface area contributed by atoms with Crippen molar-refractivity contribution >= 4 is 0 Å². The highest BCUT2D eigenvalue weighted by Crippen LogP contribution is 2.23. The zero-order valence-corrected chi connectivity index (χ0v) is 13.8. The van der Waals surface area contributed by atoms with Crippen molar-refractivity contribution in [2.75, 3.05) is 13.7 Å².